The molecule has 2 aliphatic rings. The highest BCUT2D eigenvalue weighted by Gasteiger charge is 2.25. The van der Waals surface area contributed by atoms with Gasteiger partial charge in [0.05, 0.1) is 11.3 Å². The van der Waals surface area contributed by atoms with Crippen LogP contribution in [0.4, 0.5) is 0 Å². The predicted molar refractivity (Wildman–Crippen MR) is 99.8 cm³/mol. The van der Waals surface area contributed by atoms with Gasteiger partial charge < -0.3 is 25.0 Å². The first-order valence-electron chi connectivity index (χ1n) is 9.43. The molecule has 1 aromatic rings. The number of pyridine rings is 1. The fraction of sp³-hybridized carbons (Fsp3) is 0.684. The van der Waals surface area contributed by atoms with Gasteiger partial charge in [0, 0.05) is 18.2 Å². The maximum Gasteiger partial charge on any atom is 0.257 e. The van der Waals surface area contributed by atoms with E-state index in [1.807, 2.05) is 0 Å². The molecule has 0 aliphatic carbocycles. The highest BCUT2D eigenvalue weighted by Crippen LogP contribution is 2.29. The number of nitrogens with two attached hydrogens (primary N) is 1. The van der Waals surface area contributed by atoms with Crippen LogP contribution in [0.3, 0.4) is 0 Å². The van der Waals surface area contributed by atoms with Gasteiger partial charge in [0.1, 0.15) is 13.2 Å². The summed E-state index contributed by atoms with van der Waals surface area (Å²) in [6.45, 7) is 5.07. The van der Waals surface area contributed by atoms with Crippen molar-refractivity contribution in [3.8, 4) is 11.6 Å². The van der Waals surface area contributed by atoms with Crippen molar-refractivity contribution >= 4 is 5.91 Å². The molecule has 2 fully saturated rings. The lowest BCUT2D eigenvalue weighted by Gasteiger charge is -2.22. The van der Waals surface area contributed by atoms with Gasteiger partial charge in [-0.05, 0) is 59.8 Å². The van der Waals surface area contributed by atoms with Crippen LogP contribution in [0.25, 0.3) is 0 Å². The number of hydrogen-bond donors (Lipinski definition) is 1. The lowest BCUT2D eigenvalue weighted by atomic mass is 10.2. The van der Waals surface area contributed by atoms with E-state index in [9.17, 15) is 4.79 Å². The Balaban J connectivity index is 1.74. The van der Waals surface area contributed by atoms with Gasteiger partial charge in [-0.25, -0.2) is 4.98 Å². The molecule has 1 amide bonds. The first kappa shape index (κ1) is 18.9. The number of carbonyl (C=O) groups excluding carboxylic acids is 1. The summed E-state index contributed by atoms with van der Waals surface area (Å²) in [6, 6.07) is 2.44. The number of nitrogens with zero attached hydrogens (tertiary/aromatic N) is 3. The summed E-state index contributed by atoms with van der Waals surface area (Å²) in [5.74, 6) is 0.457. The Labute approximate surface area is 155 Å². The molecule has 7 heteroatoms. The number of rotatable bonds is 7. The second-order valence-corrected chi connectivity index (χ2v) is 7.46. The standard InChI is InChI=1S/C19H30N4O3/c1-13-16(18(20)24)10-17(25-11-14-6-4-8-22(14)2)19(21-13)26-12-15-7-5-9-23(15)3/h10,14-15H,4-9,11-12H2,1-3H3,(H2,20,24)/t14-,15-/m0/s1. The summed E-state index contributed by atoms with van der Waals surface area (Å²) in [6.07, 6.45) is 4.61. The number of likely N-dealkylation sites (tertiary alicyclic amines) is 2. The van der Waals surface area contributed by atoms with Crippen molar-refractivity contribution in [1.29, 1.82) is 0 Å². The van der Waals surface area contributed by atoms with E-state index in [0.717, 1.165) is 25.9 Å². The van der Waals surface area contributed by atoms with Gasteiger partial charge in [0.2, 0.25) is 0 Å². The Morgan fingerprint density at radius 1 is 1.15 bits per heavy atom. The van der Waals surface area contributed by atoms with E-state index < -0.39 is 5.91 Å². The summed E-state index contributed by atoms with van der Waals surface area (Å²) < 4.78 is 12.0. The van der Waals surface area contributed by atoms with Crippen LogP contribution in [-0.2, 0) is 0 Å². The average Bonchev–Trinajstić information content (AvgIpc) is 3.19. The van der Waals surface area contributed by atoms with E-state index in [1.165, 1.54) is 12.8 Å². The quantitative estimate of drug-likeness (QED) is 0.790. The molecule has 144 valence electrons. The molecule has 0 saturated carbocycles. The van der Waals surface area contributed by atoms with Gasteiger partial charge in [-0.15, -0.1) is 0 Å². The molecule has 2 atom stereocenters. The molecular weight excluding hydrogens is 332 g/mol. The third-order valence-electron chi connectivity index (χ3n) is 5.60. The lowest BCUT2D eigenvalue weighted by molar-refractivity contribution is 0.0998. The normalized spacial score (nSPS) is 24.1. The minimum absolute atomic E-state index is 0.377. The fourth-order valence-corrected chi connectivity index (χ4v) is 3.76. The molecule has 0 bridgehead atoms. The van der Waals surface area contributed by atoms with E-state index >= 15 is 0 Å². The number of hydrogen-bond acceptors (Lipinski definition) is 6. The number of carbonyl (C=O) groups is 1. The monoisotopic (exact) mass is 362 g/mol. The topological polar surface area (TPSA) is 80.9 Å². The summed E-state index contributed by atoms with van der Waals surface area (Å²) in [4.78, 5) is 20.7. The maximum atomic E-state index is 11.7. The van der Waals surface area contributed by atoms with E-state index in [2.05, 4.69) is 28.9 Å². The largest absolute Gasteiger partial charge is 0.486 e. The summed E-state index contributed by atoms with van der Waals surface area (Å²) in [5, 5.41) is 0. The molecule has 0 spiro atoms. The minimum Gasteiger partial charge on any atom is -0.486 e. The first-order chi connectivity index (χ1) is 12.5. The average molecular weight is 362 g/mol. The summed E-state index contributed by atoms with van der Waals surface area (Å²) in [7, 11) is 4.22. The van der Waals surface area contributed by atoms with Gasteiger partial charge in [-0.3, -0.25) is 4.79 Å². The van der Waals surface area contributed by atoms with E-state index in [-0.39, 0.29) is 0 Å². The van der Waals surface area contributed by atoms with Gasteiger partial charge in [0.25, 0.3) is 11.8 Å². The molecule has 26 heavy (non-hydrogen) atoms. The highest BCUT2D eigenvalue weighted by atomic mass is 16.5. The van der Waals surface area contributed by atoms with Gasteiger partial charge >= 0.3 is 0 Å². The van der Waals surface area contributed by atoms with Crippen LogP contribution in [0.15, 0.2) is 6.07 Å². The van der Waals surface area contributed by atoms with Crippen LogP contribution < -0.4 is 15.2 Å². The molecule has 3 rings (SSSR count). The Morgan fingerprint density at radius 2 is 1.73 bits per heavy atom. The molecule has 0 radical (unpaired) electrons. The fourth-order valence-electron chi connectivity index (χ4n) is 3.76. The Hall–Kier alpha value is -1.86. The van der Waals surface area contributed by atoms with Crippen LogP contribution >= 0.6 is 0 Å². The zero-order valence-electron chi connectivity index (χ0n) is 16.0. The summed E-state index contributed by atoms with van der Waals surface area (Å²) in [5.41, 5.74) is 6.42. The smallest absolute Gasteiger partial charge is 0.257 e. The minimum atomic E-state index is -0.500. The van der Waals surface area contributed by atoms with Crippen LogP contribution in [0, 0.1) is 6.92 Å². The van der Waals surface area contributed by atoms with Crippen LogP contribution in [0.1, 0.15) is 41.7 Å². The zero-order valence-corrected chi connectivity index (χ0v) is 16.0. The number of aryl methyl sites for hydroxylation is 1. The lowest BCUT2D eigenvalue weighted by Crippen LogP contribution is -2.32. The van der Waals surface area contributed by atoms with Crippen LogP contribution in [0.5, 0.6) is 11.6 Å². The molecule has 2 saturated heterocycles. The van der Waals surface area contributed by atoms with E-state index in [0.29, 0.717) is 48.2 Å². The molecule has 1 aromatic heterocycles. The number of amides is 1. The molecule has 0 unspecified atom stereocenters. The molecule has 3 heterocycles. The van der Waals surface area contributed by atoms with Crippen molar-refractivity contribution in [2.24, 2.45) is 5.73 Å². The van der Waals surface area contributed by atoms with Gasteiger partial charge in [0.15, 0.2) is 5.75 Å². The van der Waals surface area contributed by atoms with Crippen molar-refractivity contribution in [3.05, 3.63) is 17.3 Å². The second-order valence-electron chi connectivity index (χ2n) is 7.46. The Morgan fingerprint density at radius 3 is 2.23 bits per heavy atom. The molecule has 2 N–H and O–H groups in total. The Kier molecular flexibility index (Phi) is 5.98. The third kappa shape index (κ3) is 4.27. The van der Waals surface area contributed by atoms with Crippen molar-refractivity contribution in [3.63, 3.8) is 0 Å². The summed E-state index contributed by atoms with van der Waals surface area (Å²) >= 11 is 0. The van der Waals surface area contributed by atoms with Crippen molar-refractivity contribution < 1.29 is 14.3 Å². The maximum absolute atomic E-state index is 11.7. The molecule has 0 aromatic carbocycles. The van der Waals surface area contributed by atoms with Crippen molar-refractivity contribution in [2.75, 3.05) is 40.4 Å². The molecule has 2 aliphatic heterocycles. The Bertz CT molecular complexity index is 652. The number of aromatic nitrogens is 1. The van der Waals surface area contributed by atoms with Gasteiger partial charge in [-0.1, -0.05) is 0 Å². The van der Waals surface area contributed by atoms with Crippen LogP contribution in [0.2, 0.25) is 0 Å². The zero-order chi connectivity index (χ0) is 18.7. The first-order valence-corrected chi connectivity index (χ1v) is 9.43. The SMILES string of the molecule is Cc1nc(OC[C@@H]2CCCN2C)c(OC[C@@H]2CCCN2C)cc1C(N)=O. The predicted octanol–water partition coefficient (Wildman–Crippen LogP) is 1.43. The van der Waals surface area contributed by atoms with E-state index in [1.54, 1.807) is 13.0 Å². The molecular formula is C19H30N4O3. The second kappa shape index (κ2) is 8.22. The number of ether oxygens (including phenoxy) is 2. The third-order valence-corrected chi connectivity index (χ3v) is 5.60. The van der Waals surface area contributed by atoms with Crippen molar-refractivity contribution in [1.82, 2.24) is 14.8 Å². The molecule has 7 nitrogen and oxygen atoms in total. The van der Waals surface area contributed by atoms with Gasteiger partial charge in [-0.2, -0.15) is 0 Å². The van der Waals surface area contributed by atoms with Crippen LogP contribution in [-0.4, -0.2) is 73.2 Å². The highest BCUT2D eigenvalue weighted by molar-refractivity contribution is 5.94. The van der Waals surface area contributed by atoms with Crippen molar-refractivity contribution in [2.45, 2.75) is 44.7 Å². The van der Waals surface area contributed by atoms with E-state index in [4.69, 9.17) is 15.2 Å². The number of primary amides is 1. The number of likely N-dealkylation sites (N-methyl/N-ethyl adjacent to an activating group) is 2.